The third-order valence-corrected chi connectivity index (χ3v) is 3.32. The number of rotatable bonds is 7. The van der Waals surface area contributed by atoms with E-state index in [1.807, 2.05) is 0 Å². The molecule has 114 valence electrons. The van der Waals surface area contributed by atoms with Gasteiger partial charge < -0.3 is 15.4 Å². The van der Waals surface area contributed by atoms with Crippen molar-refractivity contribution in [2.45, 2.75) is 25.8 Å². The fraction of sp³-hybridized carbons (Fsp3) is 0.538. The maximum Gasteiger partial charge on any atom is 0.305 e. The van der Waals surface area contributed by atoms with E-state index in [4.69, 9.17) is 0 Å². The predicted molar refractivity (Wildman–Crippen MR) is 93.8 cm³/mol. The highest BCUT2D eigenvalue weighted by Crippen LogP contribution is 2.04. The molecule has 0 atom stereocenters. The van der Waals surface area contributed by atoms with Crippen LogP contribution < -0.4 is 10.6 Å². The number of aliphatic imine (C=N–C) groups is 1. The highest BCUT2D eigenvalue weighted by atomic mass is 127. The number of nitrogens with one attached hydrogen (secondary N) is 2. The van der Waals surface area contributed by atoms with Gasteiger partial charge in [0.05, 0.1) is 7.11 Å². The molecule has 0 aliphatic carbocycles. The van der Waals surface area contributed by atoms with Crippen LogP contribution in [-0.4, -0.2) is 32.6 Å². The van der Waals surface area contributed by atoms with Gasteiger partial charge in [0.2, 0.25) is 0 Å². The average molecular weight is 411 g/mol. The second-order valence-electron chi connectivity index (χ2n) is 4.02. The monoisotopic (exact) mass is 411 g/mol. The molecule has 20 heavy (non-hydrogen) atoms. The summed E-state index contributed by atoms with van der Waals surface area (Å²) >= 11 is 1.68. The van der Waals surface area contributed by atoms with E-state index < -0.39 is 0 Å². The Labute approximate surface area is 141 Å². The van der Waals surface area contributed by atoms with Crippen molar-refractivity contribution in [2.75, 3.05) is 20.7 Å². The van der Waals surface area contributed by atoms with E-state index in [9.17, 15) is 4.79 Å². The smallest absolute Gasteiger partial charge is 0.305 e. The summed E-state index contributed by atoms with van der Waals surface area (Å²) in [4.78, 5) is 15.1. The molecule has 0 saturated carbocycles. The van der Waals surface area contributed by atoms with Crippen LogP contribution in [0, 0.1) is 0 Å². The van der Waals surface area contributed by atoms with Gasteiger partial charge in [-0.3, -0.25) is 9.79 Å². The van der Waals surface area contributed by atoms with Gasteiger partial charge in [-0.05, 0) is 35.2 Å². The summed E-state index contributed by atoms with van der Waals surface area (Å²) in [7, 11) is 3.16. The Morgan fingerprint density at radius 2 is 2.20 bits per heavy atom. The zero-order chi connectivity index (χ0) is 13.9. The first-order valence-electron chi connectivity index (χ1n) is 6.28. The number of methoxy groups -OCH3 is 1. The maximum absolute atomic E-state index is 10.9. The number of esters is 1. The van der Waals surface area contributed by atoms with Gasteiger partial charge in [-0.15, -0.1) is 24.0 Å². The third kappa shape index (κ3) is 8.36. The van der Waals surface area contributed by atoms with Crippen LogP contribution in [0.3, 0.4) is 0 Å². The average Bonchev–Trinajstić information content (AvgIpc) is 2.94. The summed E-state index contributed by atoms with van der Waals surface area (Å²) in [5.74, 6) is 0.629. The molecule has 0 aromatic carbocycles. The highest BCUT2D eigenvalue weighted by molar-refractivity contribution is 14.0. The van der Waals surface area contributed by atoms with Crippen molar-refractivity contribution in [3.05, 3.63) is 22.4 Å². The van der Waals surface area contributed by atoms with E-state index in [1.165, 1.54) is 12.7 Å². The molecule has 1 aromatic heterocycles. The first-order valence-corrected chi connectivity index (χ1v) is 7.23. The molecule has 0 unspecified atom stereocenters. The summed E-state index contributed by atoms with van der Waals surface area (Å²) in [6, 6.07) is 2.08. The number of hydrogen-bond donors (Lipinski definition) is 2. The zero-order valence-corrected chi connectivity index (χ0v) is 15.0. The van der Waals surface area contributed by atoms with Gasteiger partial charge in [-0.2, -0.15) is 11.3 Å². The molecule has 0 fully saturated rings. The number of halogens is 1. The number of hydrogen-bond acceptors (Lipinski definition) is 4. The van der Waals surface area contributed by atoms with Crippen LogP contribution >= 0.6 is 35.3 Å². The third-order valence-electron chi connectivity index (χ3n) is 2.59. The van der Waals surface area contributed by atoms with E-state index in [0.717, 1.165) is 31.9 Å². The summed E-state index contributed by atoms with van der Waals surface area (Å²) < 4.78 is 4.58. The minimum absolute atomic E-state index is 0. The molecule has 2 N–H and O–H groups in total. The van der Waals surface area contributed by atoms with E-state index >= 15 is 0 Å². The van der Waals surface area contributed by atoms with Crippen molar-refractivity contribution < 1.29 is 9.53 Å². The minimum atomic E-state index is -0.153. The first-order chi connectivity index (χ1) is 9.26. The Kier molecular flexibility index (Phi) is 11.5. The van der Waals surface area contributed by atoms with Crippen LogP contribution in [0.5, 0.6) is 0 Å². The van der Waals surface area contributed by atoms with Crippen LogP contribution in [-0.2, 0) is 16.1 Å². The molecule has 7 heteroatoms. The second-order valence-corrected chi connectivity index (χ2v) is 4.80. The standard InChI is InChI=1S/C13H21N3O2S.HI/c1-14-13(16-9-11-6-8-19-10-11)15-7-4-3-5-12(17)18-2;/h6,8,10H,3-5,7,9H2,1-2H3,(H2,14,15,16);1H. The second kappa shape index (κ2) is 12.0. The van der Waals surface area contributed by atoms with E-state index in [1.54, 1.807) is 18.4 Å². The summed E-state index contributed by atoms with van der Waals surface area (Å²) in [5.41, 5.74) is 1.25. The van der Waals surface area contributed by atoms with Gasteiger partial charge in [0.15, 0.2) is 5.96 Å². The maximum atomic E-state index is 10.9. The number of ether oxygens (including phenoxy) is 1. The Hall–Kier alpha value is -0.830. The Morgan fingerprint density at radius 3 is 2.80 bits per heavy atom. The molecular formula is C13H22IN3O2S. The van der Waals surface area contributed by atoms with Crippen LogP contribution in [0.2, 0.25) is 0 Å². The Balaban J connectivity index is 0.00000361. The van der Waals surface area contributed by atoms with Crippen LogP contribution in [0.4, 0.5) is 0 Å². The van der Waals surface area contributed by atoms with Crippen LogP contribution in [0.15, 0.2) is 21.8 Å². The number of thiophene rings is 1. The molecule has 1 rings (SSSR count). The Morgan fingerprint density at radius 1 is 1.40 bits per heavy atom. The van der Waals surface area contributed by atoms with Gasteiger partial charge >= 0.3 is 5.97 Å². The lowest BCUT2D eigenvalue weighted by atomic mass is 10.2. The molecule has 0 amide bonds. The van der Waals surface area contributed by atoms with Crippen molar-refractivity contribution in [3.63, 3.8) is 0 Å². The number of carbonyl (C=O) groups is 1. The first kappa shape index (κ1) is 19.2. The number of guanidine groups is 1. The molecule has 0 aliphatic heterocycles. The SMILES string of the molecule is CN=C(NCCCCC(=O)OC)NCc1ccsc1.I. The van der Waals surface area contributed by atoms with Gasteiger partial charge in [-0.25, -0.2) is 0 Å². The van der Waals surface area contributed by atoms with Crippen molar-refractivity contribution in [1.82, 2.24) is 10.6 Å². The lowest BCUT2D eigenvalue weighted by Gasteiger charge is -2.11. The quantitative estimate of drug-likeness (QED) is 0.238. The Bertz CT molecular complexity index is 396. The van der Waals surface area contributed by atoms with Crippen molar-refractivity contribution >= 4 is 47.2 Å². The minimum Gasteiger partial charge on any atom is -0.469 e. The van der Waals surface area contributed by atoms with Gasteiger partial charge in [-0.1, -0.05) is 0 Å². The van der Waals surface area contributed by atoms with E-state index in [2.05, 4.69) is 37.2 Å². The molecule has 0 spiro atoms. The van der Waals surface area contributed by atoms with Crippen molar-refractivity contribution in [3.8, 4) is 0 Å². The largest absolute Gasteiger partial charge is 0.469 e. The highest BCUT2D eigenvalue weighted by Gasteiger charge is 2.01. The van der Waals surface area contributed by atoms with Crippen molar-refractivity contribution in [2.24, 2.45) is 4.99 Å². The van der Waals surface area contributed by atoms with Gasteiger partial charge in [0.1, 0.15) is 0 Å². The molecule has 0 bridgehead atoms. The fourth-order valence-corrected chi connectivity index (χ4v) is 2.17. The summed E-state index contributed by atoms with van der Waals surface area (Å²) in [6.45, 7) is 1.56. The zero-order valence-electron chi connectivity index (χ0n) is 11.8. The lowest BCUT2D eigenvalue weighted by molar-refractivity contribution is -0.140. The summed E-state index contributed by atoms with van der Waals surface area (Å²) in [5, 5.41) is 10.6. The van der Waals surface area contributed by atoms with Crippen molar-refractivity contribution in [1.29, 1.82) is 0 Å². The molecule has 0 saturated heterocycles. The molecular weight excluding hydrogens is 389 g/mol. The molecule has 1 aromatic rings. The predicted octanol–water partition coefficient (Wildman–Crippen LogP) is 2.37. The number of unbranched alkanes of at least 4 members (excludes halogenated alkanes) is 1. The topological polar surface area (TPSA) is 62.7 Å². The summed E-state index contributed by atoms with van der Waals surface area (Å²) in [6.07, 6.45) is 2.20. The van der Waals surface area contributed by atoms with Gasteiger partial charge in [0.25, 0.3) is 0 Å². The van der Waals surface area contributed by atoms with Crippen LogP contribution in [0.1, 0.15) is 24.8 Å². The fourth-order valence-electron chi connectivity index (χ4n) is 1.50. The molecule has 0 radical (unpaired) electrons. The van der Waals surface area contributed by atoms with E-state index in [-0.39, 0.29) is 29.9 Å². The van der Waals surface area contributed by atoms with E-state index in [0.29, 0.717) is 6.42 Å². The van der Waals surface area contributed by atoms with Gasteiger partial charge in [0, 0.05) is 26.6 Å². The molecule has 0 aliphatic rings. The number of carbonyl (C=O) groups excluding carboxylic acids is 1. The number of nitrogens with zero attached hydrogens (tertiary/aromatic N) is 1. The molecule has 5 nitrogen and oxygen atoms in total. The molecule has 1 heterocycles. The normalized spacial score (nSPS) is 10.6. The lowest BCUT2D eigenvalue weighted by Crippen LogP contribution is -2.37. The van der Waals surface area contributed by atoms with Crippen LogP contribution in [0.25, 0.3) is 0 Å².